The molecule has 2 unspecified atom stereocenters. The largest absolute Gasteiger partial charge is 0.291 e. The Bertz CT molecular complexity index is 800. The minimum absolute atomic E-state index is 0.511. The zero-order chi connectivity index (χ0) is 15.6. The third-order valence-corrected chi connectivity index (χ3v) is 4.53. The third-order valence-electron chi connectivity index (χ3n) is 4.17. The average molecular weight is 325 g/mol. The van der Waals surface area contributed by atoms with Crippen LogP contribution in [-0.4, -0.2) is 32.5 Å². The van der Waals surface area contributed by atoms with Crippen LogP contribution in [0, 0.1) is 0 Å². The molecule has 5 heteroatoms. The van der Waals surface area contributed by atoms with Crippen molar-refractivity contribution >= 4 is 11.6 Å². The van der Waals surface area contributed by atoms with Gasteiger partial charge in [-0.2, -0.15) is 0 Å². The Morgan fingerprint density at radius 3 is 2.65 bits per heavy atom. The van der Waals surface area contributed by atoms with Crippen LogP contribution in [0.25, 0.3) is 11.3 Å². The molecule has 1 aromatic heterocycles. The first-order chi connectivity index (χ1) is 11.3. The molecule has 0 aliphatic carbocycles. The fourth-order valence-corrected chi connectivity index (χ4v) is 2.98. The molecule has 1 aliphatic rings. The molecular formula is C18H17ClN4. The Hall–Kier alpha value is -2.17. The lowest BCUT2D eigenvalue weighted by atomic mass is 10.2. The van der Waals surface area contributed by atoms with E-state index in [0.29, 0.717) is 6.04 Å². The van der Waals surface area contributed by atoms with Gasteiger partial charge in [0.2, 0.25) is 0 Å². The molecule has 2 aromatic carbocycles. The van der Waals surface area contributed by atoms with Gasteiger partial charge in [0.1, 0.15) is 5.69 Å². The van der Waals surface area contributed by atoms with Crippen LogP contribution in [0.5, 0.6) is 0 Å². The summed E-state index contributed by atoms with van der Waals surface area (Å²) in [5, 5.41) is 9.35. The van der Waals surface area contributed by atoms with E-state index in [-0.39, 0.29) is 0 Å². The monoisotopic (exact) mass is 324 g/mol. The molecule has 4 nitrogen and oxygen atoms in total. The second-order valence-electron chi connectivity index (χ2n) is 5.87. The number of benzene rings is 2. The van der Waals surface area contributed by atoms with E-state index in [4.69, 9.17) is 11.6 Å². The van der Waals surface area contributed by atoms with Gasteiger partial charge in [0.15, 0.2) is 0 Å². The number of halogens is 1. The minimum atomic E-state index is 0.511. The Morgan fingerprint density at radius 2 is 1.83 bits per heavy atom. The van der Waals surface area contributed by atoms with Crippen LogP contribution in [0.2, 0.25) is 5.02 Å². The van der Waals surface area contributed by atoms with Crippen LogP contribution >= 0.6 is 11.6 Å². The molecule has 4 rings (SSSR count). The van der Waals surface area contributed by atoms with Gasteiger partial charge in [0, 0.05) is 29.7 Å². The van der Waals surface area contributed by atoms with E-state index in [2.05, 4.69) is 33.4 Å². The molecule has 0 radical (unpaired) electrons. The Labute approximate surface area is 140 Å². The highest BCUT2D eigenvalue weighted by atomic mass is 35.5. The van der Waals surface area contributed by atoms with Gasteiger partial charge in [-0.15, -0.1) is 5.10 Å². The van der Waals surface area contributed by atoms with Crippen molar-refractivity contribution in [3.8, 4) is 11.3 Å². The van der Waals surface area contributed by atoms with Crippen LogP contribution in [0.4, 0.5) is 0 Å². The lowest BCUT2D eigenvalue weighted by Gasteiger charge is -2.06. The van der Waals surface area contributed by atoms with E-state index in [9.17, 15) is 0 Å². The highest BCUT2D eigenvalue weighted by Gasteiger charge is 2.34. The van der Waals surface area contributed by atoms with Crippen molar-refractivity contribution in [1.82, 2.24) is 19.9 Å². The Morgan fingerprint density at radius 1 is 1.04 bits per heavy atom. The lowest BCUT2D eigenvalue weighted by Crippen LogP contribution is -2.10. The van der Waals surface area contributed by atoms with Crippen molar-refractivity contribution in [2.75, 3.05) is 6.54 Å². The van der Waals surface area contributed by atoms with E-state index in [1.807, 2.05) is 47.3 Å². The molecule has 1 fully saturated rings. The number of nitrogens with zero attached hydrogens (tertiary/aromatic N) is 4. The zero-order valence-electron chi connectivity index (χ0n) is 12.6. The van der Waals surface area contributed by atoms with Gasteiger partial charge in [0.25, 0.3) is 0 Å². The van der Waals surface area contributed by atoms with Gasteiger partial charge in [0.05, 0.1) is 12.7 Å². The maximum Gasteiger partial charge on any atom is 0.113 e. The van der Waals surface area contributed by atoms with Gasteiger partial charge in [-0.25, -0.2) is 0 Å². The lowest BCUT2D eigenvalue weighted by molar-refractivity contribution is 0.450. The van der Waals surface area contributed by atoms with Gasteiger partial charge >= 0.3 is 0 Å². The molecular weight excluding hydrogens is 308 g/mol. The van der Waals surface area contributed by atoms with Crippen molar-refractivity contribution < 1.29 is 0 Å². The summed E-state index contributed by atoms with van der Waals surface area (Å²) in [6.07, 6.45) is 2.02. The van der Waals surface area contributed by atoms with Crippen LogP contribution in [0.1, 0.15) is 5.56 Å². The minimum Gasteiger partial charge on any atom is -0.291 e. The van der Waals surface area contributed by atoms with Gasteiger partial charge < -0.3 is 0 Å². The van der Waals surface area contributed by atoms with Crippen LogP contribution in [0.3, 0.4) is 0 Å². The predicted molar refractivity (Wildman–Crippen MR) is 91.1 cm³/mol. The van der Waals surface area contributed by atoms with Crippen molar-refractivity contribution in [3.05, 3.63) is 71.4 Å². The molecule has 1 saturated heterocycles. The number of hydrogen-bond donors (Lipinski definition) is 0. The normalized spacial score (nSPS) is 19.7. The molecule has 116 valence electrons. The molecule has 0 saturated carbocycles. The molecule has 0 spiro atoms. The number of rotatable bonds is 5. The van der Waals surface area contributed by atoms with E-state index in [0.717, 1.165) is 35.9 Å². The summed E-state index contributed by atoms with van der Waals surface area (Å²) in [5.74, 6) is 0. The van der Waals surface area contributed by atoms with E-state index in [1.165, 1.54) is 5.56 Å². The molecule has 1 aliphatic heterocycles. The molecule has 0 bridgehead atoms. The van der Waals surface area contributed by atoms with E-state index in [1.54, 1.807) is 0 Å². The summed E-state index contributed by atoms with van der Waals surface area (Å²) in [5.41, 5.74) is 3.20. The summed E-state index contributed by atoms with van der Waals surface area (Å²) in [6, 6.07) is 18.7. The molecule has 2 atom stereocenters. The van der Waals surface area contributed by atoms with Gasteiger partial charge in [-0.3, -0.25) is 9.58 Å². The molecule has 0 amide bonds. The summed E-state index contributed by atoms with van der Waals surface area (Å²) >= 11 is 6.22. The summed E-state index contributed by atoms with van der Waals surface area (Å²) in [4.78, 5) is 2.39. The van der Waals surface area contributed by atoms with Crippen LogP contribution in [0.15, 0.2) is 60.8 Å². The first-order valence-electron chi connectivity index (χ1n) is 7.72. The first kappa shape index (κ1) is 14.4. The topological polar surface area (TPSA) is 33.7 Å². The molecule has 3 aromatic rings. The fourth-order valence-electron chi connectivity index (χ4n) is 2.78. The van der Waals surface area contributed by atoms with E-state index < -0.39 is 0 Å². The summed E-state index contributed by atoms with van der Waals surface area (Å²) < 4.78 is 1.93. The molecule has 23 heavy (non-hydrogen) atoms. The number of aromatic nitrogens is 3. The second-order valence-corrected chi connectivity index (χ2v) is 6.27. The first-order valence-corrected chi connectivity index (χ1v) is 8.10. The standard InChI is InChI=1S/C18H17ClN4/c19-17-9-5-4-8-15(17)10-22-11-16(22)12-23-13-18(20-21-23)14-6-2-1-3-7-14/h1-9,13,16H,10-12H2. The average Bonchev–Trinajstić information content (AvgIpc) is 3.12. The quantitative estimate of drug-likeness (QED) is 0.674. The van der Waals surface area contributed by atoms with Crippen molar-refractivity contribution in [2.45, 2.75) is 19.1 Å². The van der Waals surface area contributed by atoms with Gasteiger partial charge in [-0.05, 0) is 11.6 Å². The highest BCUT2D eigenvalue weighted by Crippen LogP contribution is 2.26. The maximum atomic E-state index is 6.22. The fraction of sp³-hybridized carbons (Fsp3) is 0.222. The van der Waals surface area contributed by atoms with Crippen molar-refractivity contribution in [1.29, 1.82) is 0 Å². The maximum absolute atomic E-state index is 6.22. The van der Waals surface area contributed by atoms with Crippen LogP contribution in [-0.2, 0) is 13.1 Å². The molecule has 0 N–H and O–H groups in total. The summed E-state index contributed by atoms with van der Waals surface area (Å²) in [7, 11) is 0. The van der Waals surface area contributed by atoms with Crippen molar-refractivity contribution in [2.24, 2.45) is 0 Å². The predicted octanol–water partition coefficient (Wildman–Crippen LogP) is 3.48. The zero-order valence-corrected chi connectivity index (χ0v) is 13.4. The number of hydrogen-bond acceptors (Lipinski definition) is 3. The Balaban J connectivity index is 1.37. The molecule has 2 heterocycles. The van der Waals surface area contributed by atoms with Gasteiger partial charge in [-0.1, -0.05) is 65.3 Å². The second kappa shape index (κ2) is 6.14. The smallest absolute Gasteiger partial charge is 0.113 e. The van der Waals surface area contributed by atoms with E-state index >= 15 is 0 Å². The SMILES string of the molecule is Clc1ccccc1CN1CC1Cn1cc(-c2ccccc2)nn1. The third kappa shape index (κ3) is 3.28. The van der Waals surface area contributed by atoms with Crippen molar-refractivity contribution in [3.63, 3.8) is 0 Å². The van der Waals surface area contributed by atoms with Crippen LogP contribution < -0.4 is 0 Å². The Kier molecular flexibility index (Phi) is 3.85. The highest BCUT2D eigenvalue weighted by molar-refractivity contribution is 6.31. The summed E-state index contributed by atoms with van der Waals surface area (Å²) in [6.45, 7) is 2.83.